The zero-order valence-electron chi connectivity index (χ0n) is 8.20. The first-order chi connectivity index (χ1) is 6.20. The Hall–Kier alpha value is 0.230. The van der Waals surface area contributed by atoms with Crippen molar-refractivity contribution in [2.75, 3.05) is 39.8 Å². The van der Waals surface area contributed by atoms with Crippen molar-refractivity contribution >= 4 is 12.8 Å². The zero-order chi connectivity index (χ0) is 9.31. The van der Waals surface area contributed by atoms with E-state index in [0.29, 0.717) is 0 Å². The second-order valence-corrected chi connectivity index (χ2v) is 4.83. The Labute approximate surface area is 85.6 Å². The van der Waals surface area contributed by atoms with Crippen molar-refractivity contribution in [2.45, 2.75) is 18.4 Å². The van der Waals surface area contributed by atoms with Gasteiger partial charge in [-0.1, -0.05) is 12.8 Å². The van der Waals surface area contributed by atoms with Crippen LogP contribution in [0.15, 0.2) is 0 Å². The van der Waals surface area contributed by atoms with E-state index in [2.05, 4.69) is 29.1 Å². The summed E-state index contributed by atoms with van der Waals surface area (Å²) in [6, 6.07) is 0. The first-order valence-corrected chi connectivity index (χ1v) is 5.37. The monoisotopic (exact) mass is 202 g/mol. The van der Waals surface area contributed by atoms with Crippen LogP contribution in [0.25, 0.3) is 0 Å². The standard InChI is InChI=1S/C9H18N2OS/c1-10-5-6-12-9(7-10)3-2-4-11(13)8-9/h13H,2-8H2,1H3/t9-/m1/s1. The van der Waals surface area contributed by atoms with Crippen LogP contribution >= 0.6 is 12.8 Å². The molecule has 3 nitrogen and oxygen atoms in total. The predicted molar refractivity (Wildman–Crippen MR) is 56.0 cm³/mol. The van der Waals surface area contributed by atoms with Crippen molar-refractivity contribution in [2.24, 2.45) is 0 Å². The Balaban J connectivity index is 2.00. The molecular weight excluding hydrogens is 184 g/mol. The van der Waals surface area contributed by atoms with E-state index >= 15 is 0 Å². The van der Waals surface area contributed by atoms with Gasteiger partial charge >= 0.3 is 0 Å². The fourth-order valence-corrected chi connectivity index (χ4v) is 2.76. The van der Waals surface area contributed by atoms with E-state index in [1.807, 2.05) is 0 Å². The first kappa shape index (κ1) is 9.77. The summed E-state index contributed by atoms with van der Waals surface area (Å²) in [6.07, 6.45) is 2.39. The van der Waals surface area contributed by atoms with Gasteiger partial charge in [-0.25, -0.2) is 0 Å². The van der Waals surface area contributed by atoms with E-state index in [9.17, 15) is 0 Å². The molecule has 2 heterocycles. The molecule has 0 radical (unpaired) electrons. The molecule has 0 bridgehead atoms. The molecule has 0 aromatic heterocycles. The number of nitrogens with zero attached hydrogens (tertiary/aromatic N) is 2. The van der Waals surface area contributed by atoms with Gasteiger partial charge in [-0.3, -0.25) is 4.31 Å². The summed E-state index contributed by atoms with van der Waals surface area (Å²) in [5.41, 5.74) is 0.0764. The molecule has 0 aliphatic carbocycles. The van der Waals surface area contributed by atoms with Crippen molar-refractivity contribution < 1.29 is 4.74 Å². The Morgan fingerprint density at radius 3 is 2.85 bits per heavy atom. The third-order valence-electron chi connectivity index (χ3n) is 2.96. The zero-order valence-corrected chi connectivity index (χ0v) is 9.09. The van der Waals surface area contributed by atoms with Gasteiger partial charge in [0.15, 0.2) is 0 Å². The topological polar surface area (TPSA) is 15.7 Å². The van der Waals surface area contributed by atoms with Gasteiger partial charge in [0.25, 0.3) is 0 Å². The number of hydrogen-bond donors (Lipinski definition) is 1. The SMILES string of the molecule is CN1CCO[C@]2(CCCN(S)C2)C1. The highest BCUT2D eigenvalue weighted by molar-refractivity contribution is 7.77. The van der Waals surface area contributed by atoms with Crippen LogP contribution in [0.2, 0.25) is 0 Å². The maximum Gasteiger partial charge on any atom is 0.0945 e. The van der Waals surface area contributed by atoms with Gasteiger partial charge in [0.1, 0.15) is 0 Å². The van der Waals surface area contributed by atoms with Gasteiger partial charge in [-0.05, 0) is 19.9 Å². The van der Waals surface area contributed by atoms with E-state index in [1.165, 1.54) is 12.8 Å². The molecule has 76 valence electrons. The normalized spacial score (nSPS) is 38.3. The summed E-state index contributed by atoms with van der Waals surface area (Å²) < 4.78 is 8.00. The molecule has 13 heavy (non-hydrogen) atoms. The van der Waals surface area contributed by atoms with Gasteiger partial charge in [0.05, 0.1) is 12.2 Å². The highest BCUT2D eigenvalue weighted by atomic mass is 32.1. The summed E-state index contributed by atoms with van der Waals surface area (Å²) in [5, 5.41) is 0. The molecule has 2 fully saturated rings. The molecule has 1 atom stereocenters. The van der Waals surface area contributed by atoms with E-state index in [-0.39, 0.29) is 5.60 Å². The average molecular weight is 202 g/mol. The molecule has 2 saturated heterocycles. The lowest BCUT2D eigenvalue weighted by Gasteiger charge is -2.46. The van der Waals surface area contributed by atoms with Crippen molar-refractivity contribution in [1.82, 2.24) is 9.21 Å². The van der Waals surface area contributed by atoms with Crippen LogP contribution in [0.1, 0.15) is 12.8 Å². The number of hydrogen-bond acceptors (Lipinski definition) is 4. The Bertz CT molecular complexity index is 168. The highest BCUT2D eigenvalue weighted by Gasteiger charge is 2.38. The molecule has 0 saturated carbocycles. The molecule has 0 aromatic rings. The van der Waals surface area contributed by atoms with Crippen LogP contribution in [0.4, 0.5) is 0 Å². The quantitative estimate of drug-likeness (QED) is 0.580. The molecule has 2 aliphatic heterocycles. The van der Waals surface area contributed by atoms with E-state index in [0.717, 1.165) is 32.8 Å². The molecular formula is C9H18N2OS. The minimum absolute atomic E-state index is 0.0764. The van der Waals surface area contributed by atoms with E-state index < -0.39 is 0 Å². The molecule has 2 rings (SSSR count). The number of morpholine rings is 1. The van der Waals surface area contributed by atoms with Crippen LogP contribution in [-0.4, -0.2) is 54.6 Å². The fourth-order valence-electron chi connectivity index (χ4n) is 2.36. The maximum absolute atomic E-state index is 5.92. The lowest BCUT2D eigenvalue weighted by Crippen LogP contribution is -2.57. The Morgan fingerprint density at radius 2 is 2.15 bits per heavy atom. The number of thiol groups is 1. The van der Waals surface area contributed by atoms with Crippen LogP contribution in [0.5, 0.6) is 0 Å². The van der Waals surface area contributed by atoms with Gasteiger partial charge in [0, 0.05) is 26.2 Å². The number of rotatable bonds is 0. The molecule has 0 unspecified atom stereocenters. The second-order valence-electron chi connectivity index (χ2n) is 4.26. The van der Waals surface area contributed by atoms with Crippen LogP contribution < -0.4 is 0 Å². The number of piperidine rings is 1. The molecule has 0 aromatic carbocycles. The maximum atomic E-state index is 5.92. The molecule has 1 spiro atoms. The summed E-state index contributed by atoms with van der Waals surface area (Å²) in [6.45, 7) is 5.06. The molecule has 4 heteroatoms. The van der Waals surface area contributed by atoms with Crippen LogP contribution in [0.3, 0.4) is 0 Å². The second kappa shape index (κ2) is 3.77. The molecule has 2 aliphatic rings. The summed E-state index contributed by atoms with van der Waals surface area (Å²) in [5.74, 6) is 0. The minimum Gasteiger partial charge on any atom is -0.371 e. The Kier molecular flexibility index (Phi) is 2.83. The fraction of sp³-hybridized carbons (Fsp3) is 1.00. The predicted octanol–water partition coefficient (Wildman–Crippen LogP) is 0.628. The third-order valence-corrected chi connectivity index (χ3v) is 3.30. The average Bonchev–Trinajstić information content (AvgIpc) is 2.02. The van der Waals surface area contributed by atoms with Crippen molar-refractivity contribution in [1.29, 1.82) is 0 Å². The molecule has 0 amide bonds. The highest BCUT2D eigenvalue weighted by Crippen LogP contribution is 2.28. The van der Waals surface area contributed by atoms with Crippen molar-refractivity contribution in [3.8, 4) is 0 Å². The van der Waals surface area contributed by atoms with Crippen molar-refractivity contribution in [3.05, 3.63) is 0 Å². The summed E-state index contributed by atoms with van der Waals surface area (Å²) in [4.78, 5) is 2.36. The van der Waals surface area contributed by atoms with Gasteiger partial charge in [-0.15, -0.1) is 0 Å². The first-order valence-electron chi connectivity index (χ1n) is 4.97. The number of ether oxygens (including phenoxy) is 1. The van der Waals surface area contributed by atoms with Crippen LogP contribution in [0, 0.1) is 0 Å². The molecule has 0 N–H and O–H groups in total. The summed E-state index contributed by atoms with van der Waals surface area (Å²) >= 11 is 4.41. The van der Waals surface area contributed by atoms with Crippen molar-refractivity contribution in [3.63, 3.8) is 0 Å². The Morgan fingerprint density at radius 1 is 1.31 bits per heavy atom. The van der Waals surface area contributed by atoms with Gasteiger partial charge in [0.2, 0.25) is 0 Å². The summed E-state index contributed by atoms with van der Waals surface area (Å²) in [7, 11) is 2.17. The van der Waals surface area contributed by atoms with Gasteiger partial charge in [-0.2, -0.15) is 0 Å². The lowest BCUT2D eigenvalue weighted by atomic mass is 9.92. The van der Waals surface area contributed by atoms with Crippen LogP contribution in [-0.2, 0) is 4.74 Å². The smallest absolute Gasteiger partial charge is 0.0945 e. The van der Waals surface area contributed by atoms with Gasteiger partial charge < -0.3 is 9.64 Å². The third kappa shape index (κ3) is 2.18. The van der Waals surface area contributed by atoms with E-state index in [1.54, 1.807) is 0 Å². The number of likely N-dealkylation sites (N-methyl/N-ethyl adjacent to an activating group) is 1. The minimum atomic E-state index is 0.0764. The largest absolute Gasteiger partial charge is 0.371 e. The van der Waals surface area contributed by atoms with E-state index in [4.69, 9.17) is 4.74 Å². The lowest BCUT2D eigenvalue weighted by molar-refractivity contribution is -0.123.